The lowest BCUT2D eigenvalue weighted by Gasteiger charge is -2.26. The highest BCUT2D eigenvalue weighted by molar-refractivity contribution is 9.10. The van der Waals surface area contributed by atoms with E-state index in [4.69, 9.17) is 0 Å². The van der Waals surface area contributed by atoms with Crippen molar-refractivity contribution in [3.8, 4) is 0 Å². The molecule has 18 heavy (non-hydrogen) atoms. The van der Waals surface area contributed by atoms with Gasteiger partial charge in [-0.1, -0.05) is 0 Å². The predicted molar refractivity (Wildman–Crippen MR) is 56.4 cm³/mol. The third kappa shape index (κ3) is 2.14. The van der Waals surface area contributed by atoms with Crippen LogP contribution in [0.15, 0.2) is 4.60 Å². The topological polar surface area (TPSA) is 55.2 Å². The first kappa shape index (κ1) is 13.1. The van der Waals surface area contributed by atoms with E-state index in [0.717, 1.165) is 4.90 Å². The number of halogens is 4. The molecule has 1 aromatic rings. The highest BCUT2D eigenvalue weighted by Crippen LogP contribution is 2.35. The number of amides is 1. The summed E-state index contributed by atoms with van der Waals surface area (Å²) in [4.78, 5) is 26.1. The fourth-order valence-corrected chi connectivity index (χ4v) is 2.43. The zero-order chi connectivity index (χ0) is 13.5. The van der Waals surface area contributed by atoms with Gasteiger partial charge < -0.3 is 9.47 Å². The minimum absolute atomic E-state index is 0.105. The Morgan fingerprint density at radius 2 is 2.06 bits per heavy atom. The predicted octanol–water partition coefficient (Wildman–Crippen LogP) is 1.21. The zero-order valence-corrected chi connectivity index (χ0v) is 10.5. The van der Waals surface area contributed by atoms with Crippen LogP contribution in [0.25, 0.3) is 0 Å². The molecule has 5 nitrogen and oxygen atoms in total. The smallest absolute Gasteiger partial charge is 0.327 e. The summed E-state index contributed by atoms with van der Waals surface area (Å²) in [6.45, 7) is 0.238. The summed E-state index contributed by atoms with van der Waals surface area (Å²) in [5, 5.41) is 0. The molecule has 0 spiro atoms. The highest BCUT2D eigenvalue weighted by atomic mass is 79.9. The summed E-state index contributed by atoms with van der Waals surface area (Å²) < 4.78 is 39.0. The lowest BCUT2D eigenvalue weighted by atomic mass is 10.3. The molecule has 0 saturated carbocycles. The Labute approximate surface area is 108 Å². The number of aldehydes is 1. The van der Waals surface area contributed by atoms with Gasteiger partial charge in [0.2, 0.25) is 6.29 Å². The minimum atomic E-state index is -4.55. The van der Waals surface area contributed by atoms with Crippen LogP contribution in [-0.4, -0.2) is 33.2 Å². The summed E-state index contributed by atoms with van der Waals surface area (Å²) in [6.07, 6.45) is -4.42. The number of nitrogens with zero attached hydrogens (tertiary/aromatic N) is 3. The van der Waals surface area contributed by atoms with E-state index in [1.807, 2.05) is 0 Å². The van der Waals surface area contributed by atoms with Crippen LogP contribution in [0.4, 0.5) is 13.2 Å². The van der Waals surface area contributed by atoms with Crippen molar-refractivity contribution in [2.24, 2.45) is 0 Å². The van der Waals surface area contributed by atoms with Gasteiger partial charge in [0, 0.05) is 13.1 Å². The van der Waals surface area contributed by atoms with Crippen molar-refractivity contribution in [3.63, 3.8) is 0 Å². The molecule has 0 fully saturated rings. The van der Waals surface area contributed by atoms with Crippen molar-refractivity contribution in [3.05, 3.63) is 16.1 Å². The Hall–Kier alpha value is -1.38. The summed E-state index contributed by atoms with van der Waals surface area (Å²) >= 11 is 2.85. The number of imidazole rings is 1. The maximum atomic E-state index is 12.6. The molecule has 1 aliphatic heterocycles. The third-order valence-corrected chi connectivity index (χ3v) is 3.40. The number of carbonyl (C=O) groups is 2. The molecule has 0 aliphatic carbocycles. The molecular weight excluding hydrogens is 319 g/mol. The van der Waals surface area contributed by atoms with Crippen LogP contribution in [0.1, 0.15) is 11.5 Å². The van der Waals surface area contributed by atoms with Crippen molar-refractivity contribution in [2.45, 2.75) is 19.3 Å². The van der Waals surface area contributed by atoms with Gasteiger partial charge in [0.05, 0.1) is 6.54 Å². The highest BCUT2D eigenvalue weighted by Gasteiger charge is 2.39. The van der Waals surface area contributed by atoms with E-state index in [0.29, 0.717) is 0 Å². The van der Waals surface area contributed by atoms with Gasteiger partial charge in [-0.25, -0.2) is 4.98 Å². The molecule has 1 amide bonds. The van der Waals surface area contributed by atoms with Crippen molar-refractivity contribution < 1.29 is 22.8 Å². The number of fused-ring (bicyclic) bond motifs is 1. The molecule has 0 bridgehead atoms. The Morgan fingerprint density at radius 1 is 1.39 bits per heavy atom. The molecule has 0 unspecified atom stereocenters. The van der Waals surface area contributed by atoms with E-state index in [1.165, 1.54) is 4.57 Å². The van der Waals surface area contributed by atoms with Gasteiger partial charge in [-0.3, -0.25) is 9.59 Å². The molecule has 2 heterocycles. The molecule has 1 aromatic heterocycles. The standard InChI is InChI=1S/C9H7BrF3N3O2/c10-8-7(9(11,12)13)14-5-3-15(6(18)4-17)1-2-16(5)8/h4H,1-3H2. The minimum Gasteiger partial charge on any atom is -0.327 e. The fraction of sp³-hybridized carbons (Fsp3) is 0.444. The number of hydrogen-bond donors (Lipinski definition) is 0. The van der Waals surface area contributed by atoms with E-state index < -0.39 is 17.8 Å². The van der Waals surface area contributed by atoms with Crippen LogP contribution in [-0.2, 0) is 28.9 Å². The quantitative estimate of drug-likeness (QED) is 0.576. The van der Waals surface area contributed by atoms with Crippen LogP contribution in [0, 0.1) is 0 Å². The van der Waals surface area contributed by atoms with E-state index in [9.17, 15) is 22.8 Å². The first-order valence-corrected chi connectivity index (χ1v) is 5.70. The van der Waals surface area contributed by atoms with E-state index in [2.05, 4.69) is 20.9 Å². The van der Waals surface area contributed by atoms with Gasteiger partial charge >= 0.3 is 6.18 Å². The lowest BCUT2D eigenvalue weighted by Crippen LogP contribution is -2.39. The molecule has 0 atom stereocenters. The number of hydrogen-bond acceptors (Lipinski definition) is 3. The second-order valence-electron chi connectivity index (χ2n) is 3.69. The molecule has 1 aliphatic rings. The first-order chi connectivity index (χ1) is 8.34. The molecule has 9 heteroatoms. The van der Waals surface area contributed by atoms with Crippen molar-refractivity contribution >= 4 is 28.1 Å². The summed E-state index contributed by atoms with van der Waals surface area (Å²) in [5.41, 5.74) is -1.02. The molecule has 0 aromatic carbocycles. The summed E-state index contributed by atoms with van der Waals surface area (Å²) in [6, 6.07) is 0. The molecule has 98 valence electrons. The van der Waals surface area contributed by atoms with Crippen molar-refractivity contribution in [1.29, 1.82) is 0 Å². The SMILES string of the molecule is O=CC(=O)N1CCn2c(nc(C(F)(F)F)c2Br)C1. The number of alkyl halides is 3. The number of carbonyl (C=O) groups excluding carboxylic acids is 2. The van der Waals surface area contributed by atoms with Crippen LogP contribution in [0.3, 0.4) is 0 Å². The second-order valence-corrected chi connectivity index (χ2v) is 4.45. The average molecular weight is 326 g/mol. The fourth-order valence-electron chi connectivity index (χ4n) is 1.74. The Morgan fingerprint density at radius 3 is 2.61 bits per heavy atom. The monoisotopic (exact) mass is 325 g/mol. The van der Waals surface area contributed by atoms with Crippen LogP contribution >= 0.6 is 15.9 Å². The van der Waals surface area contributed by atoms with Gasteiger partial charge in [-0.05, 0) is 15.9 Å². The lowest BCUT2D eigenvalue weighted by molar-refractivity contribution is -0.141. The van der Waals surface area contributed by atoms with E-state index in [-0.39, 0.29) is 36.3 Å². The zero-order valence-electron chi connectivity index (χ0n) is 8.87. The van der Waals surface area contributed by atoms with E-state index in [1.54, 1.807) is 0 Å². The third-order valence-electron chi connectivity index (χ3n) is 2.59. The Bertz CT molecular complexity index is 512. The van der Waals surface area contributed by atoms with Crippen molar-refractivity contribution in [2.75, 3.05) is 6.54 Å². The van der Waals surface area contributed by atoms with Gasteiger partial charge in [0.15, 0.2) is 5.69 Å². The number of rotatable bonds is 1. The van der Waals surface area contributed by atoms with Crippen molar-refractivity contribution in [1.82, 2.24) is 14.5 Å². The number of aromatic nitrogens is 2. The largest absolute Gasteiger partial charge is 0.436 e. The molecule has 0 N–H and O–H groups in total. The molecule has 2 rings (SSSR count). The normalized spacial score (nSPS) is 15.4. The van der Waals surface area contributed by atoms with Crippen LogP contribution < -0.4 is 0 Å². The maximum Gasteiger partial charge on any atom is 0.436 e. The van der Waals surface area contributed by atoms with Crippen LogP contribution in [0.2, 0.25) is 0 Å². The summed E-state index contributed by atoms with van der Waals surface area (Å²) in [5.74, 6) is -0.649. The molecule has 0 saturated heterocycles. The van der Waals surface area contributed by atoms with E-state index >= 15 is 0 Å². The van der Waals surface area contributed by atoms with Gasteiger partial charge in [0.25, 0.3) is 5.91 Å². The first-order valence-electron chi connectivity index (χ1n) is 4.90. The Kier molecular flexibility index (Phi) is 3.18. The molecule has 0 radical (unpaired) electrons. The molecular formula is C9H7BrF3N3O2. The second kappa shape index (κ2) is 4.38. The van der Waals surface area contributed by atoms with Gasteiger partial charge in [0.1, 0.15) is 10.4 Å². The van der Waals surface area contributed by atoms with Gasteiger partial charge in [-0.15, -0.1) is 0 Å². The maximum absolute atomic E-state index is 12.6. The van der Waals surface area contributed by atoms with Gasteiger partial charge in [-0.2, -0.15) is 13.2 Å². The average Bonchev–Trinajstić information content (AvgIpc) is 2.65. The summed E-state index contributed by atoms with van der Waals surface area (Å²) in [7, 11) is 0. The Balaban J connectivity index is 2.35. The van der Waals surface area contributed by atoms with Crippen LogP contribution in [0.5, 0.6) is 0 Å².